The Bertz CT molecular complexity index is 809. The molecule has 1 aromatic heterocycles. The Morgan fingerprint density at radius 1 is 1.20 bits per heavy atom. The summed E-state index contributed by atoms with van der Waals surface area (Å²) in [5, 5.41) is 15.7. The Morgan fingerprint density at radius 3 is 2.55 bits per heavy atom. The van der Waals surface area contributed by atoms with E-state index in [1.165, 1.54) is 24.3 Å². The van der Waals surface area contributed by atoms with Gasteiger partial charge in [0.2, 0.25) is 0 Å². The number of fused-ring (bicyclic) bond motifs is 1. The van der Waals surface area contributed by atoms with E-state index in [9.17, 15) is 14.5 Å². The number of nitro benzene ring substituents is 1. The van der Waals surface area contributed by atoms with Crippen LogP contribution >= 0.6 is 0 Å². The first-order valence-corrected chi connectivity index (χ1v) is 5.93. The second kappa shape index (κ2) is 4.41. The largest absolute Gasteiger partial charge is 0.269 e. The van der Waals surface area contributed by atoms with Gasteiger partial charge in [-0.15, -0.1) is 0 Å². The molecular weight excluding hydrogens is 261 g/mol. The maximum atomic E-state index is 13.4. The molecule has 6 heteroatoms. The number of rotatable bonds is 2. The highest BCUT2D eigenvalue weighted by Gasteiger charge is 2.13. The molecule has 0 aliphatic heterocycles. The lowest BCUT2D eigenvalue weighted by Gasteiger charge is -1.98. The fourth-order valence-electron chi connectivity index (χ4n) is 2.19. The molecule has 0 saturated heterocycles. The summed E-state index contributed by atoms with van der Waals surface area (Å²) in [6.07, 6.45) is 0. The third-order valence-electron chi connectivity index (χ3n) is 3.16. The van der Waals surface area contributed by atoms with Crippen LogP contribution in [0.3, 0.4) is 0 Å². The van der Waals surface area contributed by atoms with Crippen LogP contribution in [0.5, 0.6) is 0 Å². The van der Waals surface area contributed by atoms with E-state index in [0.29, 0.717) is 16.6 Å². The summed E-state index contributed by atoms with van der Waals surface area (Å²) in [7, 11) is 1.77. The number of benzene rings is 2. The molecule has 0 aliphatic carbocycles. The van der Waals surface area contributed by atoms with Crippen molar-refractivity contribution in [1.29, 1.82) is 0 Å². The van der Waals surface area contributed by atoms with Gasteiger partial charge < -0.3 is 0 Å². The summed E-state index contributed by atoms with van der Waals surface area (Å²) in [5.74, 6) is -0.339. The molecule has 100 valence electrons. The summed E-state index contributed by atoms with van der Waals surface area (Å²) in [5.41, 5.74) is 2.14. The molecule has 0 radical (unpaired) electrons. The molecule has 0 N–H and O–H groups in total. The van der Waals surface area contributed by atoms with E-state index in [1.54, 1.807) is 29.9 Å². The predicted octanol–water partition coefficient (Wildman–Crippen LogP) is 3.29. The van der Waals surface area contributed by atoms with Gasteiger partial charge in [-0.1, -0.05) is 0 Å². The van der Waals surface area contributed by atoms with Crippen molar-refractivity contribution in [1.82, 2.24) is 9.78 Å². The van der Waals surface area contributed by atoms with E-state index in [1.807, 2.05) is 0 Å². The van der Waals surface area contributed by atoms with Crippen molar-refractivity contribution >= 4 is 16.6 Å². The zero-order valence-corrected chi connectivity index (χ0v) is 10.6. The minimum absolute atomic E-state index is 0.0140. The minimum atomic E-state index is -0.458. The van der Waals surface area contributed by atoms with Crippen molar-refractivity contribution in [2.45, 2.75) is 0 Å². The van der Waals surface area contributed by atoms with Crippen molar-refractivity contribution < 1.29 is 9.31 Å². The molecule has 0 bridgehead atoms. The lowest BCUT2D eigenvalue weighted by molar-refractivity contribution is -0.384. The van der Waals surface area contributed by atoms with Gasteiger partial charge in [-0.05, 0) is 30.3 Å². The van der Waals surface area contributed by atoms with Crippen molar-refractivity contribution in [3.63, 3.8) is 0 Å². The molecule has 0 unspecified atom stereocenters. The second-order valence-corrected chi connectivity index (χ2v) is 4.44. The first-order valence-electron chi connectivity index (χ1n) is 5.93. The Balaban J connectivity index is 2.18. The Morgan fingerprint density at radius 2 is 1.90 bits per heavy atom. The molecule has 0 amide bonds. The van der Waals surface area contributed by atoms with Crippen LogP contribution in [0.25, 0.3) is 22.2 Å². The van der Waals surface area contributed by atoms with Crippen LogP contribution in [0, 0.1) is 15.9 Å². The van der Waals surface area contributed by atoms with Gasteiger partial charge in [0.05, 0.1) is 10.4 Å². The van der Waals surface area contributed by atoms with Crippen molar-refractivity contribution in [3.05, 3.63) is 58.4 Å². The van der Waals surface area contributed by atoms with Gasteiger partial charge in [-0.2, -0.15) is 5.10 Å². The second-order valence-electron chi connectivity index (χ2n) is 4.44. The molecule has 3 aromatic rings. The monoisotopic (exact) mass is 271 g/mol. The van der Waals surface area contributed by atoms with Gasteiger partial charge in [0, 0.05) is 30.1 Å². The molecule has 5 nitrogen and oxygen atoms in total. The number of nitrogens with zero attached hydrogens (tertiary/aromatic N) is 3. The topological polar surface area (TPSA) is 61.0 Å². The van der Waals surface area contributed by atoms with Gasteiger partial charge in [-0.25, -0.2) is 4.39 Å². The molecule has 20 heavy (non-hydrogen) atoms. The summed E-state index contributed by atoms with van der Waals surface area (Å²) >= 11 is 0. The van der Waals surface area contributed by atoms with Crippen LogP contribution < -0.4 is 0 Å². The zero-order chi connectivity index (χ0) is 14.3. The van der Waals surface area contributed by atoms with Crippen molar-refractivity contribution in [2.75, 3.05) is 0 Å². The van der Waals surface area contributed by atoms with E-state index in [2.05, 4.69) is 5.10 Å². The maximum Gasteiger partial charge on any atom is 0.269 e. The molecule has 0 saturated carbocycles. The number of nitro groups is 1. The van der Waals surface area contributed by atoms with Crippen LogP contribution in [0.2, 0.25) is 0 Å². The number of aryl methyl sites for hydroxylation is 1. The van der Waals surface area contributed by atoms with Crippen molar-refractivity contribution in [2.24, 2.45) is 7.05 Å². The minimum Gasteiger partial charge on any atom is -0.267 e. The van der Waals surface area contributed by atoms with E-state index in [0.717, 1.165) is 5.52 Å². The summed E-state index contributed by atoms with van der Waals surface area (Å²) in [6, 6.07) is 10.5. The van der Waals surface area contributed by atoms with Gasteiger partial charge in [-0.3, -0.25) is 14.8 Å². The molecule has 1 heterocycles. The molecule has 0 spiro atoms. The highest BCUT2D eigenvalue weighted by Crippen LogP contribution is 2.29. The summed E-state index contributed by atoms with van der Waals surface area (Å²) in [4.78, 5) is 10.2. The fourth-order valence-corrected chi connectivity index (χ4v) is 2.19. The lowest BCUT2D eigenvalue weighted by atomic mass is 10.1. The average Bonchev–Trinajstić information content (AvgIpc) is 2.75. The Kier molecular flexibility index (Phi) is 2.71. The maximum absolute atomic E-state index is 13.4. The molecular formula is C14H10FN3O2. The summed E-state index contributed by atoms with van der Waals surface area (Å²) < 4.78 is 15.0. The van der Waals surface area contributed by atoms with Gasteiger partial charge in [0.1, 0.15) is 11.5 Å². The van der Waals surface area contributed by atoms with Crippen molar-refractivity contribution in [3.8, 4) is 11.3 Å². The standard InChI is InChI=1S/C14H10FN3O2/c1-17-13-7-4-10(15)8-12(13)14(16-17)9-2-5-11(6-3-9)18(19)20/h2-8H,1H3. The first-order chi connectivity index (χ1) is 9.56. The van der Waals surface area contributed by atoms with E-state index in [-0.39, 0.29) is 11.5 Å². The third-order valence-corrected chi connectivity index (χ3v) is 3.16. The third kappa shape index (κ3) is 1.91. The number of aromatic nitrogens is 2. The quantitative estimate of drug-likeness (QED) is 0.530. The number of hydrogen-bond donors (Lipinski definition) is 0. The van der Waals surface area contributed by atoms with Crippen LogP contribution in [0.15, 0.2) is 42.5 Å². The van der Waals surface area contributed by atoms with Crippen LogP contribution in [-0.2, 0) is 7.05 Å². The molecule has 2 aromatic carbocycles. The van der Waals surface area contributed by atoms with Crippen LogP contribution in [0.1, 0.15) is 0 Å². The zero-order valence-electron chi connectivity index (χ0n) is 10.6. The van der Waals surface area contributed by atoms with Gasteiger partial charge in [0.15, 0.2) is 0 Å². The SMILES string of the molecule is Cn1nc(-c2ccc([N+](=O)[O-])cc2)c2cc(F)ccc21. The average molecular weight is 271 g/mol. The highest BCUT2D eigenvalue weighted by atomic mass is 19.1. The molecule has 3 rings (SSSR count). The lowest BCUT2D eigenvalue weighted by Crippen LogP contribution is -1.90. The van der Waals surface area contributed by atoms with Crippen LogP contribution in [0.4, 0.5) is 10.1 Å². The Hall–Kier alpha value is -2.76. The molecule has 0 aliphatic rings. The summed E-state index contributed by atoms with van der Waals surface area (Å²) in [6.45, 7) is 0. The predicted molar refractivity (Wildman–Crippen MR) is 72.8 cm³/mol. The van der Waals surface area contributed by atoms with Crippen LogP contribution in [-0.4, -0.2) is 14.7 Å². The van der Waals surface area contributed by atoms with Gasteiger partial charge >= 0.3 is 0 Å². The smallest absolute Gasteiger partial charge is 0.267 e. The number of hydrogen-bond acceptors (Lipinski definition) is 3. The molecule has 0 fully saturated rings. The highest BCUT2D eigenvalue weighted by molar-refractivity contribution is 5.93. The Labute approximate surface area is 113 Å². The van der Waals surface area contributed by atoms with E-state index < -0.39 is 4.92 Å². The first kappa shape index (κ1) is 12.3. The fraction of sp³-hybridized carbons (Fsp3) is 0.0714. The normalized spacial score (nSPS) is 10.9. The van der Waals surface area contributed by atoms with E-state index >= 15 is 0 Å². The molecule has 0 atom stereocenters. The van der Waals surface area contributed by atoms with Gasteiger partial charge in [0.25, 0.3) is 5.69 Å². The number of halogens is 1. The van der Waals surface area contributed by atoms with E-state index in [4.69, 9.17) is 0 Å². The number of non-ortho nitro benzene ring substituents is 1.